The van der Waals surface area contributed by atoms with Crippen LogP contribution in [-0.4, -0.2) is 24.2 Å². The number of hydrogen-bond donors (Lipinski definition) is 2. The third-order valence-electron chi connectivity index (χ3n) is 2.13. The predicted molar refractivity (Wildman–Crippen MR) is 59.3 cm³/mol. The number of rotatable bonds is 5. The molecule has 0 unspecified atom stereocenters. The van der Waals surface area contributed by atoms with Gasteiger partial charge in [-0.15, -0.1) is 12.4 Å². The second-order valence-corrected chi connectivity index (χ2v) is 3.34. The van der Waals surface area contributed by atoms with Gasteiger partial charge in [0.2, 0.25) is 0 Å². The van der Waals surface area contributed by atoms with Crippen LogP contribution in [0.1, 0.15) is 11.6 Å². The summed E-state index contributed by atoms with van der Waals surface area (Å²) in [7, 11) is 0. The van der Waals surface area contributed by atoms with E-state index in [1.54, 1.807) is 0 Å². The van der Waals surface area contributed by atoms with Crippen molar-refractivity contribution >= 4 is 12.4 Å². The molecule has 1 rings (SSSR count). The fraction of sp³-hybridized carbons (Fsp3) is 0.400. The summed E-state index contributed by atoms with van der Waals surface area (Å²) in [5.41, 5.74) is 5.25. The molecule has 1 atom stereocenters. The molecule has 0 saturated carbocycles. The largest absolute Gasteiger partial charge is 0.435 e. The van der Waals surface area contributed by atoms with E-state index < -0.39 is 25.2 Å². The Labute approximate surface area is 107 Å². The van der Waals surface area contributed by atoms with Crippen LogP contribution in [-0.2, 0) is 0 Å². The van der Waals surface area contributed by atoms with Gasteiger partial charge in [-0.3, -0.25) is 0 Å². The summed E-state index contributed by atoms with van der Waals surface area (Å²) >= 11 is 0. The van der Waals surface area contributed by atoms with Crippen molar-refractivity contribution in [2.75, 3.05) is 6.61 Å². The molecule has 3 nitrogen and oxygen atoms in total. The quantitative estimate of drug-likeness (QED) is 0.818. The molecule has 3 N–H and O–H groups in total. The maximum Gasteiger partial charge on any atom is 0.387 e. The van der Waals surface area contributed by atoms with Gasteiger partial charge in [-0.25, -0.2) is 8.78 Å². The molecule has 0 aliphatic carbocycles. The lowest BCUT2D eigenvalue weighted by Crippen LogP contribution is -2.36. The van der Waals surface area contributed by atoms with Crippen molar-refractivity contribution in [2.24, 2.45) is 5.73 Å². The Morgan fingerprint density at radius 2 is 1.72 bits per heavy atom. The highest BCUT2D eigenvalue weighted by molar-refractivity contribution is 5.85. The molecule has 0 spiro atoms. The Hall–Kier alpha value is -1.05. The van der Waals surface area contributed by atoms with Crippen LogP contribution in [0.25, 0.3) is 0 Å². The smallest absolute Gasteiger partial charge is 0.387 e. The summed E-state index contributed by atoms with van der Waals surface area (Å²) in [5, 5.41) is 8.45. The summed E-state index contributed by atoms with van der Waals surface area (Å²) in [5.74, 6) is -3.62. The second-order valence-electron chi connectivity index (χ2n) is 3.34. The molecular weight excluding hydrogens is 278 g/mol. The molecule has 0 radical (unpaired) electrons. The molecule has 0 saturated heterocycles. The fourth-order valence-corrected chi connectivity index (χ4v) is 1.20. The average Bonchev–Trinajstić information content (AvgIpc) is 2.28. The summed E-state index contributed by atoms with van der Waals surface area (Å²) in [6.45, 7) is -4.36. The first-order valence-corrected chi connectivity index (χ1v) is 4.66. The molecule has 0 fully saturated rings. The van der Waals surface area contributed by atoms with Gasteiger partial charge in [0.15, 0.2) is 0 Å². The zero-order valence-electron chi connectivity index (χ0n) is 9.02. The Kier molecular flexibility index (Phi) is 6.37. The lowest BCUT2D eigenvalue weighted by molar-refractivity contribution is -0.0713. The van der Waals surface area contributed by atoms with Gasteiger partial charge in [0.1, 0.15) is 12.4 Å². The zero-order chi connectivity index (χ0) is 13.1. The molecule has 0 aliphatic rings. The lowest BCUT2D eigenvalue weighted by Gasteiger charge is -2.21. The first-order valence-electron chi connectivity index (χ1n) is 4.66. The van der Waals surface area contributed by atoms with Gasteiger partial charge in [0.05, 0.1) is 6.04 Å². The minimum atomic E-state index is -3.47. The average molecular weight is 290 g/mol. The summed E-state index contributed by atoms with van der Waals surface area (Å²) < 4.78 is 53.7. The number of aliphatic hydroxyl groups excluding tert-OH is 1. The third-order valence-corrected chi connectivity index (χ3v) is 2.13. The van der Waals surface area contributed by atoms with Crippen molar-refractivity contribution < 1.29 is 27.4 Å². The molecule has 0 bridgehead atoms. The fourth-order valence-electron chi connectivity index (χ4n) is 1.20. The predicted octanol–water partition coefficient (Wildman–Crippen LogP) is 2.34. The highest BCUT2D eigenvalue weighted by Gasteiger charge is 2.37. The van der Waals surface area contributed by atoms with E-state index in [-0.39, 0.29) is 23.7 Å². The van der Waals surface area contributed by atoms with Crippen LogP contribution in [0.2, 0.25) is 0 Å². The van der Waals surface area contributed by atoms with Crippen molar-refractivity contribution in [2.45, 2.75) is 18.6 Å². The van der Waals surface area contributed by atoms with Gasteiger partial charge in [-0.05, 0) is 17.7 Å². The van der Waals surface area contributed by atoms with E-state index in [2.05, 4.69) is 4.74 Å². The number of ether oxygens (including phenoxy) is 1. The number of hydrogen-bond acceptors (Lipinski definition) is 3. The standard InChI is InChI=1S/C10H11F4NO2.ClH/c11-9(12)17-7-3-1-6(2-4-7)8(15)10(13,14)5-16;/h1-4,8-9,16H,5,15H2;1H/t8-;/m0./s1. The minimum absolute atomic E-state index is 0. The van der Waals surface area contributed by atoms with Crippen molar-refractivity contribution in [3.05, 3.63) is 29.8 Å². The van der Waals surface area contributed by atoms with Gasteiger partial charge in [-0.2, -0.15) is 8.78 Å². The number of halogens is 5. The summed E-state index contributed by atoms with van der Waals surface area (Å²) in [6.07, 6.45) is 0. The Morgan fingerprint density at radius 1 is 1.22 bits per heavy atom. The molecule has 0 aromatic heterocycles. The number of alkyl halides is 4. The Bertz CT molecular complexity index is 361. The van der Waals surface area contributed by atoms with Gasteiger partial charge < -0.3 is 15.6 Å². The topological polar surface area (TPSA) is 55.5 Å². The van der Waals surface area contributed by atoms with Crippen LogP contribution in [0, 0.1) is 0 Å². The summed E-state index contributed by atoms with van der Waals surface area (Å²) in [6, 6.07) is 2.80. The van der Waals surface area contributed by atoms with E-state index >= 15 is 0 Å². The molecule has 104 valence electrons. The highest BCUT2D eigenvalue weighted by atomic mass is 35.5. The first-order chi connectivity index (χ1) is 7.86. The van der Waals surface area contributed by atoms with Gasteiger partial charge in [0.25, 0.3) is 5.92 Å². The minimum Gasteiger partial charge on any atom is -0.435 e. The van der Waals surface area contributed by atoms with Crippen LogP contribution in [0.3, 0.4) is 0 Å². The van der Waals surface area contributed by atoms with Gasteiger partial charge >= 0.3 is 6.61 Å². The van der Waals surface area contributed by atoms with Crippen molar-refractivity contribution in [1.29, 1.82) is 0 Å². The van der Waals surface area contributed by atoms with E-state index in [9.17, 15) is 17.6 Å². The van der Waals surface area contributed by atoms with Crippen molar-refractivity contribution in [3.8, 4) is 5.75 Å². The number of nitrogens with two attached hydrogens (primary N) is 1. The lowest BCUT2D eigenvalue weighted by atomic mass is 10.0. The van der Waals surface area contributed by atoms with E-state index in [0.717, 1.165) is 24.3 Å². The molecule has 0 heterocycles. The first kappa shape index (κ1) is 16.9. The monoisotopic (exact) mass is 289 g/mol. The third kappa shape index (κ3) is 4.32. The Balaban J connectivity index is 0.00000289. The van der Waals surface area contributed by atoms with Crippen LogP contribution < -0.4 is 10.5 Å². The van der Waals surface area contributed by atoms with E-state index in [1.165, 1.54) is 0 Å². The van der Waals surface area contributed by atoms with Crippen LogP contribution in [0.15, 0.2) is 24.3 Å². The highest BCUT2D eigenvalue weighted by Crippen LogP contribution is 2.29. The van der Waals surface area contributed by atoms with Crippen molar-refractivity contribution in [3.63, 3.8) is 0 Å². The normalized spacial score (nSPS) is 13.1. The SMILES string of the molecule is Cl.N[C@@H](c1ccc(OC(F)F)cc1)C(F)(F)CO. The number of benzene rings is 1. The maximum atomic E-state index is 13.0. The van der Waals surface area contributed by atoms with Crippen LogP contribution in [0.5, 0.6) is 5.75 Å². The Morgan fingerprint density at radius 3 is 2.11 bits per heavy atom. The van der Waals surface area contributed by atoms with Crippen LogP contribution >= 0.6 is 12.4 Å². The van der Waals surface area contributed by atoms with E-state index in [4.69, 9.17) is 10.8 Å². The molecular formula is C10H12ClF4NO2. The summed E-state index contributed by atoms with van der Waals surface area (Å²) in [4.78, 5) is 0. The van der Waals surface area contributed by atoms with E-state index in [0.29, 0.717) is 0 Å². The zero-order valence-corrected chi connectivity index (χ0v) is 9.84. The van der Waals surface area contributed by atoms with Crippen LogP contribution in [0.4, 0.5) is 17.6 Å². The number of aliphatic hydroxyl groups is 1. The molecule has 18 heavy (non-hydrogen) atoms. The van der Waals surface area contributed by atoms with Gasteiger partial charge in [-0.1, -0.05) is 12.1 Å². The molecule has 0 amide bonds. The van der Waals surface area contributed by atoms with Gasteiger partial charge in [0, 0.05) is 0 Å². The molecule has 1 aromatic carbocycles. The molecule has 0 aliphatic heterocycles. The van der Waals surface area contributed by atoms with E-state index in [1.807, 2.05) is 0 Å². The second kappa shape index (κ2) is 6.77. The molecule has 1 aromatic rings. The molecule has 8 heteroatoms. The van der Waals surface area contributed by atoms with Crippen molar-refractivity contribution in [1.82, 2.24) is 0 Å². The maximum absolute atomic E-state index is 13.0.